The molecule has 1 saturated heterocycles. The van der Waals surface area contributed by atoms with E-state index in [9.17, 15) is 9.59 Å². The summed E-state index contributed by atoms with van der Waals surface area (Å²) in [5, 5.41) is 3.08. The smallest absolute Gasteiger partial charge is 0.253 e. The normalized spacial score (nSPS) is 15.5. The first-order valence-electron chi connectivity index (χ1n) is 10.7. The van der Waals surface area contributed by atoms with E-state index < -0.39 is 8.32 Å². The van der Waals surface area contributed by atoms with Crippen molar-refractivity contribution < 1.29 is 9.59 Å². The molecule has 0 bridgehead atoms. The van der Waals surface area contributed by atoms with Gasteiger partial charge in [-0.05, 0) is 71.1 Å². The van der Waals surface area contributed by atoms with Crippen LogP contribution in [0.25, 0.3) is 10.8 Å². The molecule has 4 nitrogen and oxygen atoms in total. The Bertz CT molecular complexity index is 1070. The van der Waals surface area contributed by atoms with Crippen LogP contribution in [0.2, 0.25) is 13.1 Å². The van der Waals surface area contributed by atoms with E-state index >= 15 is 0 Å². The fourth-order valence-corrected chi connectivity index (χ4v) is 5.91. The number of carbonyl (C=O) groups excluding carboxylic acids is 1. The number of piperidine rings is 1. The second-order valence-corrected chi connectivity index (χ2v) is 12.5. The van der Waals surface area contributed by atoms with Gasteiger partial charge < -0.3 is 15.4 Å². The second kappa shape index (κ2) is 8.34. The predicted molar refractivity (Wildman–Crippen MR) is 125 cm³/mol. The summed E-state index contributed by atoms with van der Waals surface area (Å²) < 4.78 is 0. The lowest BCUT2D eigenvalue weighted by Crippen LogP contribution is -2.41. The lowest BCUT2D eigenvalue weighted by Gasteiger charge is -2.32. The largest absolute Gasteiger partial charge is 0.428 e. The van der Waals surface area contributed by atoms with E-state index in [2.05, 4.69) is 24.3 Å². The number of amides is 1. The molecule has 0 aliphatic carbocycles. The summed E-state index contributed by atoms with van der Waals surface area (Å²) in [6, 6.07) is 20.4. The van der Waals surface area contributed by atoms with Crippen LogP contribution in [0.4, 0.5) is 0 Å². The highest BCUT2D eigenvalue weighted by atomic mass is 28.4. The fourth-order valence-electron chi connectivity index (χ4n) is 4.52. The van der Waals surface area contributed by atoms with Gasteiger partial charge >= 0.3 is 0 Å². The SMILES string of the molecule is C[Si](C)(O)c1cccc2cc(C(=O)N3CCC(c4cccc(CN)c4)CC3)ccc12. The van der Waals surface area contributed by atoms with Crippen molar-refractivity contribution in [1.82, 2.24) is 4.90 Å². The molecule has 1 amide bonds. The first-order chi connectivity index (χ1) is 14.4. The van der Waals surface area contributed by atoms with Gasteiger partial charge in [-0.25, -0.2) is 0 Å². The summed E-state index contributed by atoms with van der Waals surface area (Å²) in [7, 11) is -2.42. The van der Waals surface area contributed by atoms with Crippen molar-refractivity contribution in [1.29, 1.82) is 0 Å². The van der Waals surface area contributed by atoms with Crippen LogP contribution in [0.15, 0.2) is 60.7 Å². The van der Waals surface area contributed by atoms with Crippen LogP contribution in [-0.4, -0.2) is 37.0 Å². The average Bonchev–Trinajstić information content (AvgIpc) is 2.77. The van der Waals surface area contributed by atoms with Crippen molar-refractivity contribution in [3.8, 4) is 0 Å². The monoisotopic (exact) mass is 418 g/mol. The average molecular weight is 419 g/mol. The number of likely N-dealkylation sites (tertiary alicyclic amines) is 1. The van der Waals surface area contributed by atoms with Crippen LogP contribution < -0.4 is 10.9 Å². The molecule has 1 heterocycles. The summed E-state index contributed by atoms with van der Waals surface area (Å²) in [6.07, 6.45) is 1.95. The van der Waals surface area contributed by atoms with Crippen molar-refractivity contribution in [2.24, 2.45) is 5.73 Å². The maximum absolute atomic E-state index is 13.1. The van der Waals surface area contributed by atoms with Crippen LogP contribution in [0.3, 0.4) is 0 Å². The number of benzene rings is 3. The third-order valence-electron chi connectivity index (χ3n) is 6.23. The number of nitrogens with two attached hydrogens (primary N) is 1. The number of rotatable bonds is 4. The molecular weight excluding hydrogens is 388 g/mol. The minimum absolute atomic E-state index is 0.0944. The summed E-state index contributed by atoms with van der Waals surface area (Å²) >= 11 is 0. The number of nitrogens with zero attached hydrogens (tertiary/aromatic N) is 1. The Kier molecular flexibility index (Phi) is 5.78. The third-order valence-corrected chi connectivity index (χ3v) is 7.98. The number of hydrogen-bond donors (Lipinski definition) is 2. The molecule has 4 rings (SSSR count). The molecule has 0 aromatic heterocycles. The Labute approximate surface area is 179 Å². The highest BCUT2D eigenvalue weighted by Crippen LogP contribution is 2.29. The van der Waals surface area contributed by atoms with E-state index in [-0.39, 0.29) is 5.91 Å². The van der Waals surface area contributed by atoms with Crippen molar-refractivity contribution in [3.05, 3.63) is 77.4 Å². The molecule has 3 aromatic rings. The van der Waals surface area contributed by atoms with Crippen molar-refractivity contribution >= 4 is 30.2 Å². The van der Waals surface area contributed by atoms with Gasteiger partial charge in [0.05, 0.1) is 0 Å². The minimum Gasteiger partial charge on any atom is -0.428 e. The topological polar surface area (TPSA) is 66.6 Å². The lowest BCUT2D eigenvalue weighted by atomic mass is 9.88. The number of hydrogen-bond acceptors (Lipinski definition) is 3. The summed E-state index contributed by atoms with van der Waals surface area (Å²) in [6.45, 7) is 5.95. The molecule has 1 aliphatic heterocycles. The Morgan fingerprint density at radius 3 is 2.50 bits per heavy atom. The van der Waals surface area contributed by atoms with Crippen LogP contribution >= 0.6 is 0 Å². The maximum Gasteiger partial charge on any atom is 0.253 e. The molecule has 30 heavy (non-hydrogen) atoms. The molecule has 3 N–H and O–H groups in total. The summed E-state index contributed by atoms with van der Waals surface area (Å²) in [4.78, 5) is 25.7. The minimum atomic E-state index is -2.42. The zero-order chi connectivity index (χ0) is 21.3. The van der Waals surface area contributed by atoms with Crippen LogP contribution in [0.1, 0.15) is 40.2 Å². The van der Waals surface area contributed by atoms with Gasteiger partial charge in [-0.15, -0.1) is 0 Å². The van der Waals surface area contributed by atoms with Crippen molar-refractivity contribution in [3.63, 3.8) is 0 Å². The Balaban J connectivity index is 1.49. The van der Waals surface area contributed by atoms with Gasteiger partial charge in [-0.3, -0.25) is 4.79 Å². The number of carbonyl (C=O) groups is 1. The molecule has 0 spiro atoms. The van der Waals surface area contributed by atoms with E-state index in [0.29, 0.717) is 12.5 Å². The van der Waals surface area contributed by atoms with Gasteiger partial charge in [0.15, 0.2) is 0 Å². The van der Waals surface area contributed by atoms with E-state index in [4.69, 9.17) is 5.73 Å². The van der Waals surface area contributed by atoms with Gasteiger partial charge in [-0.2, -0.15) is 0 Å². The highest BCUT2D eigenvalue weighted by Gasteiger charge is 2.26. The molecule has 5 heteroatoms. The molecule has 156 valence electrons. The summed E-state index contributed by atoms with van der Waals surface area (Å²) in [5.41, 5.74) is 9.00. The quantitative estimate of drug-likeness (QED) is 0.635. The molecule has 1 aliphatic rings. The molecule has 0 atom stereocenters. The van der Waals surface area contributed by atoms with E-state index in [1.165, 1.54) is 5.56 Å². The van der Waals surface area contributed by atoms with Crippen molar-refractivity contribution in [2.75, 3.05) is 13.1 Å². The van der Waals surface area contributed by atoms with E-state index in [1.54, 1.807) is 0 Å². The first kappa shape index (κ1) is 20.8. The third kappa shape index (κ3) is 4.19. The molecule has 0 unspecified atom stereocenters. The van der Waals surface area contributed by atoms with Crippen molar-refractivity contribution in [2.45, 2.75) is 38.4 Å². The fraction of sp³-hybridized carbons (Fsp3) is 0.320. The highest BCUT2D eigenvalue weighted by molar-refractivity contribution is 6.85. The second-order valence-electron chi connectivity index (χ2n) is 8.82. The van der Waals surface area contributed by atoms with Crippen LogP contribution in [0.5, 0.6) is 0 Å². The van der Waals surface area contributed by atoms with E-state index in [0.717, 1.165) is 53.0 Å². The van der Waals surface area contributed by atoms with E-state index in [1.807, 2.05) is 54.4 Å². The van der Waals surface area contributed by atoms with Gasteiger partial charge in [0.25, 0.3) is 5.91 Å². The Morgan fingerprint density at radius 1 is 1.07 bits per heavy atom. The molecule has 0 radical (unpaired) electrons. The zero-order valence-electron chi connectivity index (χ0n) is 17.8. The summed E-state index contributed by atoms with van der Waals surface area (Å²) in [5.74, 6) is 0.577. The molecule has 1 fully saturated rings. The molecule has 0 saturated carbocycles. The van der Waals surface area contributed by atoms with Gasteiger partial charge in [0.2, 0.25) is 8.32 Å². The first-order valence-corrected chi connectivity index (χ1v) is 13.7. The molecular formula is C25H30N2O2Si. The predicted octanol–water partition coefficient (Wildman–Crippen LogP) is 3.72. The lowest BCUT2D eigenvalue weighted by molar-refractivity contribution is 0.0713. The maximum atomic E-state index is 13.1. The standard InChI is InChI=1S/C25H30N2O2Si/c1-30(2,29)24-8-4-7-21-16-22(9-10-23(21)24)25(28)27-13-11-19(12-14-27)20-6-3-5-18(15-20)17-26/h3-10,15-16,19,29H,11-14,17,26H2,1-2H3. The molecule has 3 aromatic carbocycles. The van der Waals surface area contributed by atoms with Crippen LogP contribution in [0, 0.1) is 0 Å². The van der Waals surface area contributed by atoms with Gasteiger partial charge in [-0.1, -0.05) is 48.5 Å². The Morgan fingerprint density at radius 2 is 1.80 bits per heavy atom. The van der Waals surface area contributed by atoms with Gasteiger partial charge in [0, 0.05) is 25.2 Å². The van der Waals surface area contributed by atoms with Gasteiger partial charge in [0.1, 0.15) is 0 Å². The van der Waals surface area contributed by atoms with Crippen LogP contribution in [-0.2, 0) is 6.54 Å². The number of fused-ring (bicyclic) bond motifs is 1. The zero-order valence-corrected chi connectivity index (χ0v) is 18.8. The Hall–Kier alpha value is -2.47.